The number of thiazole rings is 1. The van der Waals surface area contributed by atoms with Crippen LogP contribution in [-0.2, 0) is 6.54 Å². The Balaban J connectivity index is 2.24. The fourth-order valence-electron chi connectivity index (χ4n) is 1.07. The first-order valence-corrected chi connectivity index (χ1v) is 4.81. The van der Waals surface area contributed by atoms with Crippen LogP contribution in [0.25, 0.3) is 0 Å². The largest absolute Gasteiger partial charge is 0.384 e. The minimum atomic E-state index is 0.664. The first-order valence-electron chi connectivity index (χ1n) is 3.93. The van der Waals surface area contributed by atoms with Crippen molar-refractivity contribution < 1.29 is 0 Å². The van der Waals surface area contributed by atoms with Gasteiger partial charge in [0.1, 0.15) is 10.8 Å². The molecule has 0 unspecified atom stereocenters. The van der Waals surface area contributed by atoms with Crippen LogP contribution in [0.2, 0.25) is 0 Å². The van der Waals surface area contributed by atoms with Crippen LogP contribution in [0, 0.1) is 6.92 Å². The van der Waals surface area contributed by atoms with Crippen molar-refractivity contribution in [2.75, 3.05) is 5.73 Å². The molecule has 0 saturated heterocycles. The predicted molar refractivity (Wildman–Crippen MR) is 52.6 cm³/mol. The minimum Gasteiger partial charge on any atom is -0.384 e. The molecule has 0 aliphatic carbocycles. The predicted octanol–water partition coefficient (Wildman–Crippen LogP) is 1.28. The third-order valence-electron chi connectivity index (χ3n) is 1.84. The lowest BCUT2D eigenvalue weighted by Crippen LogP contribution is -2.05. The molecule has 2 aromatic rings. The number of nitrogens with two attached hydrogens (primary N) is 1. The molecule has 2 rings (SSSR count). The van der Waals surface area contributed by atoms with Crippen LogP contribution >= 0.6 is 11.3 Å². The van der Waals surface area contributed by atoms with Crippen LogP contribution in [0.3, 0.4) is 0 Å². The zero-order chi connectivity index (χ0) is 9.26. The molecular weight excluding hydrogens is 184 g/mol. The second kappa shape index (κ2) is 3.18. The van der Waals surface area contributed by atoms with E-state index in [-0.39, 0.29) is 0 Å². The van der Waals surface area contributed by atoms with Crippen molar-refractivity contribution in [3.05, 3.63) is 28.3 Å². The summed E-state index contributed by atoms with van der Waals surface area (Å²) in [5, 5.41) is 7.12. The highest BCUT2D eigenvalue weighted by Crippen LogP contribution is 2.12. The zero-order valence-corrected chi connectivity index (χ0v) is 8.08. The summed E-state index contributed by atoms with van der Waals surface area (Å²) < 4.78 is 1.76. The summed E-state index contributed by atoms with van der Waals surface area (Å²) in [4.78, 5) is 4.16. The van der Waals surface area contributed by atoms with Crippen molar-refractivity contribution in [1.29, 1.82) is 0 Å². The SMILES string of the molecule is Cc1cnn(Cc2nccs2)c1N. The summed E-state index contributed by atoms with van der Waals surface area (Å²) in [6.45, 7) is 2.61. The van der Waals surface area contributed by atoms with Crippen molar-refractivity contribution >= 4 is 17.2 Å². The summed E-state index contributed by atoms with van der Waals surface area (Å²) >= 11 is 1.61. The summed E-state index contributed by atoms with van der Waals surface area (Å²) in [6, 6.07) is 0. The molecule has 0 saturated carbocycles. The Labute approximate surface area is 80.0 Å². The van der Waals surface area contributed by atoms with E-state index >= 15 is 0 Å². The third-order valence-corrected chi connectivity index (χ3v) is 2.61. The van der Waals surface area contributed by atoms with E-state index in [1.165, 1.54) is 0 Å². The highest BCUT2D eigenvalue weighted by molar-refractivity contribution is 7.09. The summed E-state index contributed by atoms with van der Waals surface area (Å²) in [5.74, 6) is 0.718. The molecule has 2 aromatic heterocycles. The number of aromatic nitrogens is 3. The Morgan fingerprint density at radius 2 is 2.46 bits per heavy atom. The second-order valence-electron chi connectivity index (χ2n) is 2.80. The van der Waals surface area contributed by atoms with E-state index in [0.717, 1.165) is 16.4 Å². The van der Waals surface area contributed by atoms with E-state index in [0.29, 0.717) is 6.54 Å². The van der Waals surface area contributed by atoms with Crippen LogP contribution in [-0.4, -0.2) is 14.8 Å². The molecule has 0 amide bonds. The van der Waals surface area contributed by atoms with Crippen molar-refractivity contribution in [3.63, 3.8) is 0 Å². The molecule has 0 bridgehead atoms. The monoisotopic (exact) mass is 194 g/mol. The van der Waals surface area contributed by atoms with Gasteiger partial charge < -0.3 is 5.73 Å². The number of hydrogen-bond donors (Lipinski definition) is 1. The molecule has 4 nitrogen and oxygen atoms in total. The molecule has 68 valence electrons. The van der Waals surface area contributed by atoms with Gasteiger partial charge in [-0.1, -0.05) is 0 Å². The van der Waals surface area contributed by atoms with Gasteiger partial charge >= 0.3 is 0 Å². The topological polar surface area (TPSA) is 56.7 Å². The van der Waals surface area contributed by atoms with Gasteiger partial charge in [-0.3, -0.25) is 0 Å². The number of nitrogens with zero attached hydrogens (tertiary/aromatic N) is 3. The van der Waals surface area contributed by atoms with Gasteiger partial charge in [0.15, 0.2) is 0 Å². The maximum Gasteiger partial charge on any atom is 0.125 e. The number of aryl methyl sites for hydroxylation is 1. The summed E-state index contributed by atoms with van der Waals surface area (Å²) in [6.07, 6.45) is 3.55. The van der Waals surface area contributed by atoms with E-state index in [1.54, 1.807) is 28.4 Å². The molecule has 0 radical (unpaired) electrons. The number of anilines is 1. The molecule has 2 N–H and O–H groups in total. The van der Waals surface area contributed by atoms with E-state index in [9.17, 15) is 0 Å². The van der Waals surface area contributed by atoms with Crippen LogP contribution in [0.5, 0.6) is 0 Å². The summed E-state index contributed by atoms with van der Waals surface area (Å²) in [5.41, 5.74) is 6.81. The standard InChI is InChI=1S/C8H10N4S/c1-6-4-11-12(8(6)9)5-7-10-2-3-13-7/h2-4H,5,9H2,1H3. The molecule has 2 heterocycles. The van der Waals surface area contributed by atoms with Crippen LogP contribution < -0.4 is 5.73 Å². The third kappa shape index (κ3) is 1.55. The Kier molecular flexibility index (Phi) is 2.02. The van der Waals surface area contributed by atoms with Gasteiger partial charge in [-0.05, 0) is 6.92 Å². The van der Waals surface area contributed by atoms with Crippen LogP contribution in [0.1, 0.15) is 10.6 Å². The Bertz CT molecular complexity index is 390. The van der Waals surface area contributed by atoms with Crippen LogP contribution in [0.15, 0.2) is 17.8 Å². The van der Waals surface area contributed by atoms with Gasteiger partial charge in [-0.25, -0.2) is 9.67 Å². The molecule has 0 aromatic carbocycles. The van der Waals surface area contributed by atoms with E-state index in [1.807, 2.05) is 12.3 Å². The number of nitrogen functional groups attached to an aromatic ring is 1. The minimum absolute atomic E-state index is 0.664. The average molecular weight is 194 g/mol. The normalized spacial score (nSPS) is 10.5. The molecule has 5 heteroatoms. The Morgan fingerprint density at radius 3 is 3.00 bits per heavy atom. The molecule has 13 heavy (non-hydrogen) atoms. The Morgan fingerprint density at radius 1 is 1.62 bits per heavy atom. The lowest BCUT2D eigenvalue weighted by molar-refractivity contribution is 0.693. The highest BCUT2D eigenvalue weighted by atomic mass is 32.1. The molecule has 0 aliphatic heterocycles. The molecule has 0 aliphatic rings. The quantitative estimate of drug-likeness (QED) is 0.783. The van der Waals surface area contributed by atoms with Crippen molar-refractivity contribution in [2.24, 2.45) is 0 Å². The first kappa shape index (κ1) is 8.25. The average Bonchev–Trinajstić information content (AvgIpc) is 2.71. The number of hydrogen-bond acceptors (Lipinski definition) is 4. The fraction of sp³-hybridized carbons (Fsp3) is 0.250. The Hall–Kier alpha value is -1.36. The van der Waals surface area contributed by atoms with Crippen molar-refractivity contribution in [1.82, 2.24) is 14.8 Å². The van der Waals surface area contributed by atoms with Gasteiger partial charge in [0.2, 0.25) is 0 Å². The van der Waals surface area contributed by atoms with Crippen LogP contribution in [0.4, 0.5) is 5.82 Å². The maximum absolute atomic E-state index is 5.80. The zero-order valence-electron chi connectivity index (χ0n) is 7.27. The van der Waals surface area contributed by atoms with Gasteiger partial charge in [0.25, 0.3) is 0 Å². The number of rotatable bonds is 2. The van der Waals surface area contributed by atoms with Gasteiger partial charge in [0, 0.05) is 17.1 Å². The fourth-order valence-corrected chi connectivity index (χ4v) is 1.67. The van der Waals surface area contributed by atoms with Crippen molar-refractivity contribution in [3.8, 4) is 0 Å². The second-order valence-corrected chi connectivity index (χ2v) is 3.78. The van der Waals surface area contributed by atoms with Gasteiger partial charge in [-0.15, -0.1) is 11.3 Å². The smallest absolute Gasteiger partial charge is 0.125 e. The van der Waals surface area contributed by atoms with E-state index < -0.39 is 0 Å². The molecule has 0 spiro atoms. The van der Waals surface area contributed by atoms with Gasteiger partial charge in [0.05, 0.1) is 12.7 Å². The maximum atomic E-state index is 5.80. The van der Waals surface area contributed by atoms with E-state index in [2.05, 4.69) is 10.1 Å². The summed E-state index contributed by atoms with van der Waals surface area (Å²) in [7, 11) is 0. The van der Waals surface area contributed by atoms with E-state index in [4.69, 9.17) is 5.73 Å². The van der Waals surface area contributed by atoms with Gasteiger partial charge in [-0.2, -0.15) is 5.10 Å². The molecular formula is C8H10N4S. The molecule has 0 atom stereocenters. The lowest BCUT2D eigenvalue weighted by atomic mass is 10.4. The first-order chi connectivity index (χ1) is 6.27. The van der Waals surface area contributed by atoms with Crippen molar-refractivity contribution in [2.45, 2.75) is 13.5 Å². The lowest BCUT2D eigenvalue weighted by Gasteiger charge is -2.00. The highest BCUT2D eigenvalue weighted by Gasteiger charge is 2.04. The molecule has 0 fully saturated rings.